The van der Waals surface area contributed by atoms with Crippen LogP contribution in [0.3, 0.4) is 0 Å². The van der Waals surface area contributed by atoms with Gasteiger partial charge in [0.2, 0.25) is 0 Å². The summed E-state index contributed by atoms with van der Waals surface area (Å²) in [5, 5.41) is 4.90. The molecule has 0 amide bonds. The summed E-state index contributed by atoms with van der Waals surface area (Å²) < 4.78 is 0. The molecule has 88 valence electrons. The highest BCUT2D eigenvalue weighted by Gasteiger charge is 2.12. The van der Waals surface area contributed by atoms with Crippen LogP contribution in [0.4, 0.5) is 0 Å². The Hall–Kier alpha value is -0.500. The molecular formula is C13H17Cl2N. The standard InChI is InChI=1S/C13H17Cl2N/c1-3-5-13(16-8-4-2)11-9-10(14)6-7-12(11)15/h3,6-7,9,13,16H,1,4-5,8H2,2H3. The molecule has 0 aliphatic heterocycles. The van der Waals surface area contributed by atoms with Crippen molar-refractivity contribution in [2.75, 3.05) is 6.54 Å². The molecule has 1 nitrogen and oxygen atoms in total. The van der Waals surface area contributed by atoms with E-state index in [4.69, 9.17) is 23.2 Å². The number of nitrogens with one attached hydrogen (secondary N) is 1. The second kappa shape index (κ2) is 6.95. The Kier molecular flexibility index (Phi) is 5.89. The first kappa shape index (κ1) is 13.6. The molecule has 3 heteroatoms. The fourth-order valence-corrected chi connectivity index (χ4v) is 2.02. The monoisotopic (exact) mass is 257 g/mol. The summed E-state index contributed by atoms with van der Waals surface area (Å²) in [6.07, 6.45) is 3.83. The number of rotatable bonds is 6. The van der Waals surface area contributed by atoms with Crippen LogP contribution >= 0.6 is 23.2 Å². The first-order valence-corrected chi connectivity index (χ1v) is 6.23. The third-order valence-electron chi connectivity index (χ3n) is 2.38. The molecule has 0 aliphatic rings. The van der Waals surface area contributed by atoms with Crippen LogP contribution < -0.4 is 5.32 Å². The predicted octanol–water partition coefficient (Wildman–Crippen LogP) is 4.61. The van der Waals surface area contributed by atoms with E-state index in [1.807, 2.05) is 18.2 Å². The quantitative estimate of drug-likeness (QED) is 0.734. The van der Waals surface area contributed by atoms with Crippen molar-refractivity contribution in [2.24, 2.45) is 0 Å². The van der Waals surface area contributed by atoms with E-state index in [9.17, 15) is 0 Å². The highest BCUT2D eigenvalue weighted by Crippen LogP contribution is 2.28. The van der Waals surface area contributed by atoms with Gasteiger partial charge in [0, 0.05) is 16.1 Å². The molecular weight excluding hydrogens is 241 g/mol. The smallest absolute Gasteiger partial charge is 0.0454 e. The van der Waals surface area contributed by atoms with E-state index in [1.54, 1.807) is 6.07 Å². The molecule has 0 spiro atoms. The van der Waals surface area contributed by atoms with Gasteiger partial charge < -0.3 is 5.32 Å². The molecule has 0 fully saturated rings. The molecule has 0 heterocycles. The molecule has 1 atom stereocenters. The molecule has 0 aromatic heterocycles. The van der Waals surface area contributed by atoms with Crippen molar-refractivity contribution < 1.29 is 0 Å². The summed E-state index contributed by atoms with van der Waals surface area (Å²) in [6.45, 7) is 6.87. The number of benzene rings is 1. The van der Waals surface area contributed by atoms with Gasteiger partial charge in [-0.3, -0.25) is 0 Å². The van der Waals surface area contributed by atoms with Crippen LogP contribution in [-0.4, -0.2) is 6.54 Å². The van der Waals surface area contributed by atoms with Gasteiger partial charge in [0.05, 0.1) is 0 Å². The summed E-state index contributed by atoms with van der Waals surface area (Å²) in [7, 11) is 0. The normalized spacial score (nSPS) is 12.4. The van der Waals surface area contributed by atoms with Crippen LogP contribution in [0.25, 0.3) is 0 Å². The van der Waals surface area contributed by atoms with Gasteiger partial charge >= 0.3 is 0 Å². The Balaban J connectivity index is 2.90. The zero-order valence-electron chi connectivity index (χ0n) is 9.47. The molecule has 0 saturated heterocycles. The summed E-state index contributed by atoms with van der Waals surface area (Å²) in [6, 6.07) is 5.76. The van der Waals surface area contributed by atoms with Crippen molar-refractivity contribution in [3.63, 3.8) is 0 Å². The van der Waals surface area contributed by atoms with E-state index < -0.39 is 0 Å². The highest BCUT2D eigenvalue weighted by atomic mass is 35.5. The van der Waals surface area contributed by atoms with Crippen LogP contribution in [0.2, 0.25) is 10.0 Å². The molecule has 16 heavy (non-hydrogen) atoms. The lowest BCUT2D eigenvalue weighted by Crippen LogP contribution is -2.21. The Labute approximate surface area is 107 Å². The summed E-state index contributed by atoms with van der Waals surface area (Å²) in [5.74, 6) is 0. The topological polar surface area (TPSA) is 12.0 Å². The molecule has 0 bridgehead atoms. The first-order chi connectivity index (χ1) is 7.69. The van der Waals surface area contributed by atoms with Gasteiger partial charge in [-0.2, -0.15) is 0 Å². The minimum atomic E-state index is 0.198. The Morgan fingerprint density at radius 1 is 1.44 bits per heavy atom. The second-order valence-corrected chi connectivity index (χ2v) is 4.54. The van der Waals surface area contributed by atoms with Crippen LogP contribution in [0.15, 0.2) is 30.9 Å². The van der Waals surface area contributed by atoms with Crippen molar-refractivity contribution in [1.82, 2.24) is 5.32 Å². The van der Waals surface area contributed by atoms with Crippen molar-refractivity contribution in [3.05, 3.63) is 46.5 Å². The largest absolute Gasteiger partial charge is 0.310 e. The van der Waals surface area contributed by atoms with Crippen molar-refractivity contribution in [2.45, 2.75) is 25.8 Å². The fourth-order valence-electron chi connectivity index (χ4n) is 1.59. The molecule has 1 aromatic rings. The average Bonchev–Trinajstić information content (AvgIpc) is 2.28. The maximum Gasteiger partial charge on any atom is 0.0454 e. The van der Waals surface area contributed by atoms with Crippen molar-refractivity contribution in [1.29, 1.82) is 0 Å². The molecule has 1 unspecified atom stereocenters. The van der Waals surface area contributed by atoms with Gasteiger partial charge in [0.1, 0.15) is 0 Å². The number of hydrogen-bond donors (Lipinski definition) is 1. The summed E-state index contributed by atoms with van der Waals surface area (Å²) >= 11 is 12.2. The second-order valence-electron chi connectivity index (χ2n) is 3.70. The van der Waals surface area contributed by atoms with E-state index in [2.05, 4.69) is 18.8 Å². The van der Waals surface area contributed by atoms with Crippen LogP contribution in [0.5, 0.6) is 0 Å². The summed E-state index contributed by atoms with van der Waals surface area (Å²) in [5.41, 5.74) is 1.04. The number of halogens is 2. The highest BCUT2D eigenvalue weighted by molar-refractivity contribution is 6.33. The van der Waals surface area contributed by atoms with E-state index >= 15 is 0 Å². The molecule has 0 radical (unpaired) electrons. The predicted molar refractivity (Wildman–Crippen MR) is 72.3 cm³/mol. The van der Waals surface area contributed by atoms with E-state index in [-0.39, 0.29) is 6.04 Å². The third kappa shape index (κ3) is 3.82. The lowest BCUT2D eigenvalue weighted by molar-refractivity contribution is 0.537. The molecule has 0 aliphatic carbocycles. The van der Waals surface area contributed by atoms with Crippen molar-refractivity contribution >= 4 is 23.2 Å². The first-order valence-electron chi connectivity index (χ1n) is 5.48. The molecule has 0 saturated carbocycles. The molecule has 1 N–H and O–H groups in total. The van der Waals surface area contributed by atoms with Crippen LogP contribution in [0.1, 0.15) is 31.4 Å². The van der Waals surface area contributed by atoms with Gasteiger partial charge in [-0.25, -0.2) is 0 Å². The SMILES string of the molecule is C=CCC(NCCC)c1cc(Cl)ccc1Cl. The maximum atomic E-state index is 6.17. The third-order valence-corrected chi connectivity index (χ3v) is 2.96. The van der Waals surface area contributed by atoms with Gasteiger partial charge in [-0.1, -0.05) is 36.2 Å². The molecule has 1 aromatic carbocycles. The summed E-state index contributed by atoms with van der Waals surface area (Å²) in [4.78, 5) is 0. The molecule has 1 rings (SSSR count). The van der Waals surface area contributed by atoms with E-state index in [0.29, 0.717) is 5.02 Å². The lowest BCUT2D eigenvalue weighted by atomic mass is 10.0. The van der Waals surface area contributed by atoms with Crippen LogP contribution in [-0.2, 0) is 0 Å². The minimum Gasteiger partial charge on any atom is -0.310 e. The number of hydrogen-bond acceptors (Lipinski definition) is 1. The minimum absolute atomic E-state index is 0.198. The van der Waals surface area contributed by atoms with Gasteiger partial charge in [0.15, 0.2) is 0 Å². The Morgan fingerprint density at radius 3 is 2.81 bits per heavy atom. The Morgan fingerprint density at radius 2 is 2.19 bits per heavy atom. The zero-order chi connectivity index (χ0) is 12.0. The van der Waals surface area contributed by atoms with E-state index in [1.165, 1.54) is 0 Å². The van der Waals surface area contributed by atoms with Gasteiger partial charge in [-0.15, -0.1) is 6.58 Å². The Bertz CT molecular complexity index is 350. The maximum absolute atomic E-state index is 6.17. The van der Waals surface area contributed by atoms with Crippen LogP contribution in [0, 0.1) is 0 Å². The van der Waals surface area contributed by atoms with Gasteiger partial charge in [-0.05, 0) is 43.1 Å². The zero-order valence-corrected chi connectivity index (χ0v) is 11.0. The van der Waals surface area contributed by atoms with E-state index in [0.717, 1.165) is 30.0 Å². The average molecular weight is 258 g/mol. The lowest BCUT2D eigenvalue weighted by Gasteiger charge is -2.18. The van der Waals surface area contributed by atoms with Gasteiger partial charge in [0.25, 0.3) is 0 Å². The van der Waals surface area contributed by atoms with Crippen molar-refractivity contribution in [3.8, 4) is 0 Å². The fraction of sp³-hybridized carbons (Fsp3) is 0.385.